The van der Waals surface area contributed by atoms with Gasteiger partial charge in [-0.15, -0.1) is 11.3 Å². The lowest BCUT2D eigenvalue weighted by molar-refractivity contribution is 0.0506. The quantitative estimate of drug-likeness (QED) is 0.270. The van der Waals surface area contributed by atoms with Crippen LogP contribution in [0.4, 0.5) is 5.00 Å². The third-order valence-electron chi connectivity index (χ3n) is 6.12. The molecule has 38 heavy (non-hydrogen) atoms. The number of pyridine rings is 1. The molecule has 0 unspecified atom stereocenters. The average molecular weight is 535 g/mol. The molecule has 198 valence electrons. The van der Waals surface area contributed by atoms with Crippen molar-refractivity contribution >= 4 is 45.1 Å². The second-order valence-electron chi connectivity index (χ2n) is 8.60. The van der Waals surface area contributed by atoms with Crippen molar-refractivity contribution in [2.75, 3.05) is 18.5 Å². The van der Waals surface area contributed by atoms with Crippen LogP contribution in [0.5, 0.6) is 0 Å². The summed E-state index contributed by atoms with van der Waals surface area (Å²) in [6.45, 7) is 10.3. The molecule has 0 atom stereocenters. The summed E-state index contributed by atoms with van der Waals surface area (Å²) in [7, 11) is 0. The number of amides is 1. The Kier molecular flexibility index (Phi) is 8.21. The number of fused-ring (bicyclic) bond motifs is 1. The number of aromatic nitrogens is 3. The van der Waals surface area contributed by atoms with Gasteiger partial charge in [0.2, 0.25) is 0 Å². The SMILES string of the molecule is CCCOC(=O)c1c(NC(=O)c2cc(-c3cnn(CC)c3C)nc3ccccc23)sc(C(=O)OCC)c1C. The molecule has 3 heterocycles. The number of rotatable bonds is 9. The first-order chi connectivity index (χ1) is 18.3. The van der Waals surface area contributed by atoms with Crippen molar-refractivity contribution < 1.29 is 23.9 Å². The van der Waals surface area contributed by atoms with Gasteiger partial charge in [-0.05, 0) is 51.8 Å². The molecule has 0 saturated heterocycles. The number of carbonyl (C=O) groups excluding carboxylic acids is 3. The summed E-state index contributed by atoms with van der Waals surface area (Å²) in [6.07, 6.45) is 2.38. The van der Waals surface area contributed by atoms with E-state index < -0.39 is 17.8 Å². The Morgan fingerprint density at radius 3 is 2.50 bits per heavy atom. The van der Waals surface area contributed by atoms with E-state index in [1.807, 2.05) is 49.7 Å². The second kappa shape index (κ2) is 11.6. The fourth-order valence-electron chi connectivity index (χ4n) is 4.19. The lowest BCUT2D eigenvalue weighted by atomic mass is 10.0. The molecular formula is C28H30N4O5S. The molecule has 0 spiro atoms. The zero-order chi connectivity index (χ0) is 27.4. The Morgan fingerprint density at radius 1 is 1.05 bits per heavy atom. The van der Waals surface area contributed by atoms with Gasteiger partial charge in [-0.1, -0.05) is 25.1 Å². The maximum absolute atomic E-state index is 13.7. The lowest BCUT2D eigenvalue weighted by Gasteiger charge is -2.11. The number of nitrogens with one attached hydrogen (secondary N) is 1. The second-order valence-corrected chi connectivity index (χ2v) is 9.62. The first-order valence-electron chi connectivity index (χ1n) is 12.5. The molecule has 10 heteroatoms. The Balaban J connectivity index is 1.80. The van der Waals surface area contributed by atoms with Crippen LogP contribution >= 0.6 is 11.3 Å². The van der Waals surface area contributed by atoms with Crippen molar-refractivity contribution in [2.24, 2.45) is 0 Å². The van der Waals surface area contributed by atoms with Crippen LogP contribution in [0.15, 0.2) is 36.5 Å². The molecule has 0 aliphatic carbocycles. The van der Waals surface area contributed by atoms with E-state index in [0.29, 0.717) is 40.7 Å². The average Bonchev–Trinajstić information content (AvgIpc) is 3.45. The third kappa shape index (κ3) is 5.17. The Morgan fingerprint density at radius 2 is 1.82 bits per heavy atom. The number of thiophene rings is 1. The van der Waals surface area contributed by atoms with Gasteiger partial charge >= 0.3 is 11.9 Å². The standard InChI is InChI=1S/C28H30N4O5S/c1-6-13-37-27(34)23-16(4)24(28(35)36-8-3)38-26(23)31-25(33)19-14-22(20-15-29-32(7-2)17(20)5)30-21-12-10-9-11-18(19)21/h9-12,14-15H,6-8,13H2,1-5H3,(H,31,33). The third-order valence-corrected chi connectivity index (χ3v) is 7.30. The van der Waals surface area contributed by atoms with Crippen LogP contribution in [-0.2, 0) is 16.0 Å². The maximum atomic E-state index is 13.7. The van der Waals surface area contributed by atoms with E-state index in [4.69, 9.17) is 14.5 Å². The van der Waals surface area contributed by atoms with E-state index in [2.05, 4.69) is 10.4 Å². The molecule has 4 rings (SSSR count). The smallest absolute Gasteiger partial charge is 0.348 e. The van der Waals surface area contributed by atoms with E-state index in [1.54, 1.807) is 26.1 Å². The zero-order valence-electron chi connectivity index (χ0n) is 22.1. The number of carbonyl (C=O) groups is 3. The van der Waals surface area contributed by atoms with Gasteiger partial charge in [-0.2, -0.15) is 5.10 Å². The van der Waals surface area contributed by atoms with Crippen molar-refractivity contribution in [3.05, 3.63) is 63.8 Å². The minimum atomic E-state index is -0.602. The highest BCUT2D eigenvalue weighted by Gasteiger charge is 2.28. The normalized spacial score (nSPS) is 11.0. The first-order valence-corrected chi connectivity index (χ1v) is 13.3. The van der Waals surface area contributed by atoms with Gasteiger partial charge in [-0.3, -0.25) is 9.48 Å². The summed E-state index contributed by atoms with van der Waals surface area (Å²) in [5.74, 6) is -1.60. The number of hydrogen-bond donors (Lipinski definition) is 1. The van der Waals surface area contributed by atoms with Gasteiger partial charge in [0, 0.05) is 23.2 Å². The van der Waals surface area contributed by atoms with E-state index in [1.165, 1.54) is 0 Å². The summed E-state index contributed by atoms with van der Waals surface area (Å²) in [6, 6.07) is 9.09. The minimum absolute atomic E-state index is 0.151. The highest BCUT2D eigenvalue weighted by atomic mass is 32.1. The largest absolute Gasteiger partial charge is 0.462 e. The lowest BCUT2D eigenvalue weighted by Crippen LogP contribution is -2.16. The van der Waals surface area contributed by atoms with Gasteiger partial charge in [0.1, 0.15) is 9.88 Å². The Labute approximate surface area is 224 Å². The predicted octanol–water partition coefficient (Wildman–Crippen LogP) is 5.79. The summed E-state index contributed by atoms with van der Waals surface area (Å²) < 4.78 is 12.4. The number of para-hydroxylation sites is 1. The number of benzene rings is 1. The van der Waals surface area contributed by atoms with E-state index >= 15 is 0 Å². The van der Waals surface area contributed by atoms with Gasteiger partial charge in [-0.25, -0.2) is 14.6 Å². The molecule has 1 amide bonds. The molecule has 1 N–H and O–H groups in total. The number of aryl methyl sites for hydroxylation is 1. The van der Waals surface area contributed by atoms with Crippen LogP contribution in [0.2, 0.25) is 0 Å². The molecular weight excluding hydrogens is 504 g/mol. The highest BCUT2D eigenvalue weighted by Crippen LogP contribution is 2.35. The number of anilines is 1. The maximum Gasteiger partial charge on any atom is 0.348 e. The molecule has 0 radical (unpaired) electrons. The monoisotopic (exact) mass is 534 g/mol. The first kappa shape index (κ1) is 27.0. The summed E-state index contributed by atoms with van der Waals surface area (Å²) in [4.78, 5) is 44.3. The van der Waals surface area contributed by atoms with Crippen molar-refractivity contribution in [3.63, 3.8) is 0 Å². The predicted molar refractivity (Wildman–Crippen MR) is 147 cm³/mol. The molecule has 4 aromatic rings. The van der Waals surface area contributed by atoms with E-state index in [-0.39, 0.29) is 28.7 Å². The highest BCUT2D eigenvalue weighted by molar-refractivity contribution is 7.18. The topological polar surface area (TPSA) is 112 Å². The van der Waals surface area contributed by atoms with Crippen LogP contribution in [0.3, 0.4) is 0 Å². The molecule has 0 saturated carbocycles. The van der Waals surface area contributed by atoms with Crippen LogP contribution < -0.4 is 5.32 Å². The summed E-state index contributed by atoms with van der Waals surface area (Å²) in [5, 5.41) is 8.17. The molecule has 3 aromatic heterocycles. The van der Waals surface area contributed by atoms with Gasteiger partial charge in [0.05, 0.1) is 41.7 Å². The fourth-order valence-corrected chi connectivity index (χ4v) is 5.28. The number of nitrogens with zero attached hydrogens (tertiary/aromatic N) is 3. The van der Waals surface area contributed by atoms with E-state index in [0.717, 1.165) is 22.6 Å². The molecule has 0 aliphatic heterocycles. The Bertz CT molecular complexity index is 1520. The van der Waals surface area contributed by atoms with Crippen molar-refractivity contribution in [2.45, 2.75) is 47.6 Å². The number of ether oxygens (including phenoxy) is 2. The minimum Gasteiger partial charge on any atom is -0.462 e. The molecule has 0 fully saturated rings. The van der Waals surface area contributed by atoms with Crippen molar-refractivity contribution in [1.82, 2.24) is 14.8 Å². The molecule has 0 aliphatic rings. The molecule has 0 bridgehead atoms. The molecule has 9 nitrogen and oxygen atoms in total. The number of esters is 2. The van der Waals surface area contributed by atoms with Crippen molar-refractivity contribution in [3.8, 4) is 11.3 Å². The molecule has 1 aromatic carbocycles. The van der Waals surface area contributed by atoms with Crippen LogP contribution in [0.1, 0.15) is 68.8 Å². The van der Waals surface area contributed by atoms with Crippen LogP contribution in [0.25, 0.3) is 22.2 Å². The summed E-state index contributed by atoms with van der Waals surface area (Å²) >= 11 is 0.997. The van der Waals surface area contributed by atoms with Crippen LogP contribution in [0, 0.1) is 13.8 Å². The van der Waals surface area contributed by atoms with Gasteiger partial charge < -0.3 is 14.8 Å². The Hall–Kier alpha value is -4.05. The van der Waals surface area contributed by atoms with E-state index in [9.17, 15) is 14.4 Å². The number of hydrogen-bond acceptors (Lipinski definition) is 8. The van der Waals surface area contributed by atoms with Gasteiger partial charge in [0.15, 0.2) is 0 Å². The fraction of sp³-hybridized carbons (Fsp3) is 0.321. The van der Waals surface area contributed by atoms with Crippen molar-refractivity contribution in [1.29, 1.82) is 0 Å². The zero-order valence-corrected chi connectivity index (χ0v) is 22.9. The van der Waals surface area contributed by atoms with Crippen LogP contribution in [-0.4, -0.2) is 45.8 Å². The van der Waals surface area contributed by atoms with Gasteiger partial charge in [0.25, 0.3) is 5.91 Å². The summed E-state index contributed by atoms with van der Waals surface area (Å²) in [5.41, 5.74) is 3.97.